The molecular weight excluding hydrogens is 411 g/mol. The number of rotatable bonds is 8. The van der Waals surface area contributed by atoms with E-state index in [0.717, 1.165) is 38.0 Å². The van der Waals surface area contributed by atoms with Crippen molar-refractivity contribution in [1.82, 2.24) is 10.6 Å². The van der Waals surface area contributed by atoms with Gasteiger partial charge in [-0.1, -0.05) is 65.1 Å². The number of hydrogen-bond acceptors (Lipinski definition) is 2. The predicted octanol–water partition coefficient (Wildman–Crippen LogP) is 6.45. The number of halogens is 2. The third kappa shape index (κ3) is 8.98. The van der Waals surface area contributed by atoms with E-state index in [4.69, 9.17) is 0 Å². The van der Waals surface area contributed by atoms with Gasteiger partial charge in [0, 0.05) is 13.1 Å². The number of hydrogen-bond donors (Lipinski definition) is 2. The van der Waals surface area contributed by atoms with Crippen molar-refractivity contribution in [1.29, 1.82) is 0 Å². The summed E-state index contributed by atoms with van der Waals surface area (Å²) in [4.78, 5) is 0. The lowest BCUT2D eigenvalue weighted by Gasteiger charge is -2.29. The lowest BCUT2D eigenvalue weighted by atomic mass is 9.81. The van der Waals surface area contributed by atoms with Crippen LogP contribution >= 0.6 is 24.8 Å². The highest BCUT2D eigenvalue weighted by molar-refractivity contribution is 5.85. The van der Waals surface area contributed by atoms with E-state index in [1.54, 1.807) is 0 Å². The van der Waals surface area contributed by atoms with Crippen molar-refractivity contribution in [3.63, 3.8) is 0 Å². The minimum Gasteiger partial charge on any atom is -0.312 e. The molecule has 1 saturated carbocycles. The standard InChI is InChI=1S/C26H38N2.2ClH/c1-19-8-20(2)11-25(10-19)17-27-15-23-6-5-7-24(14-23)16-28-18-26-12-21(3)9-22(4)13-26;;/h8-13,23-24,27-28H,5-7,14-18H2,1-4H3;2*1H. The van der Waals surface area contributed by atoms with Gasteiger partial charge in [0.15, 0.2) is 0 Å². The predicted molar refractivity (Wildman–Crippen MR) is 135 cm³/mol. The quantitative estimate of drug-likeness (QED) is 0.482. The zero-order valence-corrected chi connectivity index (χ0v) is 20.7. The van der Waals surface area contributed by atoms with Crippen LogP contribution in [0.2, 0.25) is 0 Å². The second-order valence-electron chi connectivity index (χ2n) is 9.15. The molecule has 4 heteroatoms. The van der Waals surface area contributed by atoms with E-state index >= 15 is 0 Å². The molecule has 1 aliphatic rings. The van der Waals surface area contributed by atoms with Crippen LogP contribution in [-0.4, -0.2) is 13.1 Å². The SMILES string of the molecule is Cc1cc(C)cc(CNCC2CCCC(CNCc3cc(C)cc(C)c3)C2)c1.Cl.Cl. The van der Waals surface area contributed by atoms with Crippen LogP contribution < -0.4 is 10.6 Å². The monoisotopic (exact) mass is 450 g/mol. The molecule has 1 fully saturated rings. The molecule has 0 radical (unpaired) electrons. The van der Waals surface area contributed by atoms with Crippen molar-refractivity contribution in [3.05, 3.63) is 69.8 Å². The largest absolute Gasteiger partial charge is 0.312 e. The van der Waals surface area contributed by atoms with E-state index in [1.165, 1.54) is 59.1 Å². The summed E-state index contributed by atoms with van der Waals surface area (Å²) in [5, 5.41) is 7.44. The number of nitrogens with one attached hydrogen (secondary N) is 2. The Morgan fingerprint density at radius 3 is 1.37 bits per heavy atom. The molecule has 2 unspecified atom stereocenters. The molecule has 30 heavy (non-hydrogen) atoms. The summed E-state index contributed by atoms with van der Waals surface area (Å²) in [6, 6.07) is 13.7. The van der Waals surface area contributed by atoms with Crippen LogP contribution in [0.5, 0.6) is 0 Å². The first-order chi connectivity index (χ1) is 13.5. The summed E-state index contributed by atoms with van der Waals surface area (Å²) in [5.74, 6) is 1.65. The van der Waals surface area contributed by atoms with Gasteiger partial charge in [0.1, 0.15) is 0 Å². The zero-order valence-electron chi connectivity index (χ0n) is 19.1. The summed E-state index contributed by atoms with van der Waals surface area (Å²) >= 11 is 0. The van der Waals surface area contributed by atoms with Crippen LogP contribution in [-0.2, 0) is 13.1 Å². The molecule has 0 bridgehead atoms. The fourth-order valence-electron chi connectivity index (χ4n) is 4.96. The summed E-state index contributed by atoms with van der Waals surface area (Å²) in [6.45, 7) is 13.0. The van der Waals surface area contributed by atoms with Crippen LogP contribution in [0.4, 0.5) is 0 Å². The topological polar surface area (TPSA) is 24.1 Å². The molecule has 0 amide bonds. The number of aryl methyl sites for hydroxylation is 4. The van der Waals surface area contributed by atoms with E-state index in [9.17, 15) is 0 Å². The van der Waals surface area contributed by atoms with Crippen molar-refractivity contribution in [2.75, 3.05) is 13.1 Å². The van der Waals surface area contributed by atoms with Gasteiger partial charge in [-0.2, -0.15) is 0 Å². The second kappa shape index (κ2) is 13.4. The van der Waals surface area contributed by atoms with Crippen molar-refractivity contribution in [2.45, 2.75) is 66.5 Å². The molecule has 168 valence electrons. The average Bonchev–Trinajstić information content (AvgIpc) is 2.60. The van der Waals surface area contributed by atoms with Gasteiger partial charge in [0.05, 0.1) is 0 Å². The highest BCUT2D eigenvalue weighted by Crippen LogP contribution is 2.28. The molecule has 0 heterocycles. The lowest BCUT2D eigenvalue weighted by molar-refractivity contribution is 0.252. The van der Waals surface area contributed by atoms with Crippen molar-refractivity contribution >= 4 is 24.8 Å². The van der Waals surface area contributed by atoms with Gasteiger partial charge in [0.25, 0.3) is 0 Å². The Bertz CT molecular complexity index is 672. The van der Waals surface area contributed by atoms with Gasteiger partial charge in [-0.3, -0.25) is 0 Å². The van der Waals surface area contributed by atoms with E-state index in [0.29, 0.717) is 0 Å². The minimum absolute atomic E-state index is 0. The van der Waals surface area contributed by atoms with Crippen LogP contribution in [0.25, 0.3) is 0 Å². The summed E-state index contributed by atoms with van der Waals surface area (Å²) in [5.41, 5.74) is 8.29. The molecule has 3 rings (SSSR count). The summed E-state index contributed by atoms with van der Waals surface area (Å²) in [7, 11) is 0. The van der Waals surface area contributed by atoms with Crippen molar-refractivity contribution < 1.29 is 0 Å². The van der Waals surface area contributed by atoms with Crippen LogP contribution in [0.1, 0.15) is 59.1 Å². The Morgan fingerprint density at radius 2 is 1.00 bits per heavy atom. The van der Waals surface area contributed by atoms with Crippen LogP contribution in [0.15, 0.2) is 36.4 Å². The van der Waals surface area contributed by atoms with E-state index in [-0.39, 0.29) is 24.8 Å². The molecule has 1 aliphatic carbocycles. The fraction of sp³-hybridized carbons (Fsp3) is 0.538. The first-order valence-corrected chi connectivity index (χ1v) is 11.0. The Morgan fingerprint density at radius 1 is 0.633 bits per heavy atom. The van der Waals surface area contributed by atoms with Gasteiger partial charge in [-0.25, -0.2) is 0 Å². The second-order valence-corrected chi connectivity index (χ2v) is 9.15. The van der Waals surface area contributed by atoms with Crippen molar-refractivity contribution in [2.24, 2.45) is 11.8 Å². The molecule has 0 aromatic heterocycles. The van der Waals surface area contributed by atoms with E-state index in [1.807, 2.05) is 0 Å². The van der Waals surface area contributed by atoms with Gasteiger partial charge in [-0.15, -0.1) is 24.8 Å². The molecule has 2 nitrogen and oxygen atoms in total. The van der Waals surface area contributed by atoms with E-state index < -0.39 is 0 Å². The highest BCUT2D eigenvalue weighted by Gasteiger charge is 2.21. The zero-order chi connectivity index (χ0) is 19.9. The molecule has 0 saturated heterocycles. The Labute approximate surface area is 196 Å². The Kier molecular flexibility index (Phi) is 12.0. The van der Waals surface area contributed by atoms with Crippen molar-refractivity contribution in [3.8, 4) is 0 Å². The van der Waals surface area contributed by atoms with Crippen LogP contribution in [0.3, 0.4) is 0 Å². The Hall–Kier alpha value is -1.06. The number of benzene rings is 2. The first kappa shape index (κ1) is 27.0. The third-order valence-electron chi connectivity index (χ3n) is 5.98. The maximum Gasteiger partial charge on any atom is 0.0205 e. The first-order valence-electron chi connectivity index (χ1n) is 11.0. The minimum atomic E-state index is 0. The average molecular weight is 452 g/mol. The molecular formula is C26H40Cl2N2. The lowest BCUT2D eigenvalue weighted by Crippen LogP contribution is -2.31. The maximum atomic E-state index is 3.72. The smallest absolute Gasteiger partial charge is 0.0205 e. The third-order valence-corrected chi connectivity index (χ3v) is 5.98. The molecule has 2 aromatic rings. The van der Waals surface area contributed by atoms with E-state index in [2.05, 4.69) is 74.7 Å². The van der Waals surface area contributed by atoms with Gasteiger partial charge in [-0.05, 0) is 83.0 Å². The van der Waals surface area contributed by atoms with Gasteiger partial charge in [0.2, 0.25) is 0 Å². The molecule has 2 N–H and O–H groups in total. The molecule has 2 atom stereocenters. The molecule has 0 spiro atoms. The van der Waals surface area contributed by atoms with Gasteiger partial charge >= 0.3 is 0 Å². The maximum absolute atomic E-state index is 3.72. The summed E-state index contributed by atoms with van der Waals surface area (Å²) in [6.07, 6.45) is 5.51. The normalized spacial score (nSPS) is 18.4. The van der Waals surface area contributed by atoms with Gasteiger partial charge < -0.3 is 10.6 Å². The fourth-order valence-corrected chi connectivity index (χ4v) is 4.96. The molecule has 0 aliphatic heterocycles. The van der Waals surface area contributed by atoms with Crippen LogP contribution in [0, 0.1) is 39.5 Å². The summed E-state index contributed by atoms with van der Waals surface area (Å²) < 4.78 is 0. The highest BCUT2D eigenvalue weighted by atomic mass is 35.5. The Balaban J connectivity index is 0.00000225. The molecule has 2 aromatic carbocycles.